The van der Waals surface area contributed by atoms with E-state index in [0.29, 0.717) is 13.1 Å². The molecule has 0 bridgehead atoms. The van der Waals surface area contributed by atoms with Gasteiger partial charge in [0.05, 0.1) is 7.11 Å². The fraction of sp³-hybridized carbons (Fsp3) is 0.500. The van der Waals surface area contributed by atoms with Gasteiger partial charge in [-0.1, -0.05) is 6.07 Å². The molecule has 0 spiro atoms. The number of carbonyl (C=O) groups is 1. The van der Waals surface area contributed by atoms with Gasteiger partial charge in [-0.05, 0) is 43.7 Å². The van der Waals surface area contributed by atoms with Crippen molar-refractivity contribution in [3.05, 3.63) is 28.8 Å². The first-order chi connectivity index (χ1) is 9.01. The van der Waals surface area contributed by atoms with Gasteiger partial charge in [-0.15, -0.1) is 0 Å². The van der Waals surface area contributed by atoms with Gasteiger partial charge >= 0.3 is 5.97 Å². The number of ether oxygens (including phenoxy) is 1. The lowest BCUT2D eigenvalue weighted by molar-refractivity contribution is -0.139. The molecule has 1 unspecified atom stereocenters. The minimum Gasteiger partial charge on any atom is -0.496 e. The summed E-state index contributed by atoms with van der Waals surface area (Å²) in [5, 5.41) is 14.8. The minimum absolute atomic E-state index is 0.385. The number of carboxylic acids is 1. The molecule has 0 aliphatic carbocycles. The molecule has 0 fully saturated rings. The number of hydrogen-bond acceptors (Lipinski definition) is 4. The van der Waals surface area contributed by atoms with Gasteiger partial charge in [-0.25, -0.2) is 0 Å². The summed E-state index contributed by atoms with van der Waals surface area (Å²) in [7, 11) is 3.30. The van der Waals surface area contributed by atoms with Crippen LogP contribution in [-0.2, 0) is 11.3 Å². The van der Waals surface area contributed by atoms with Crippen molar-refractivity contribution in [3.8, 4) is 5.75 Å². The smallest absolute Gasteiger partial charge is 0.322 e. The highest BCUT2D eigenvalue weighted by Crippen LogP contribution is 2.23. The summed E-state index contributed by atoms with van der Waals surface area (Å²) in [6.07, 6.45) is 0. The zero-order valence-electron chi connectivity index (χ0n) is 11.9. The van der Waals surface area contributed by atoms with Gasteiger partial charge in [-0.2, -0.15) is 0 Å². The normalized spacial score (nSPS) is 12.2. The van der Waals surface area contributed by atoms with E-state index in [2.05, 4.69) is 10.6 Å². The first kappa shape index (κ1) is 15.5. The summed E-state index contributed by atoms with van der Waals surface area (Å²) < 4.78 is 5.26. The van der Waals surface area contributed by atoms with Gasteiger partial charge in [0, 0.05) is 13.1 Å². The van der Waals surface area contributed by atoms with Crippen LogP contribution in [0.2, 0.25) is 0 Å². The number of carboxylic acid groups (broad SMARTS) is 1. The lowest BCUT2D eigenvalue weighted by atomic mass is 10.0. The van der Waals surface area contributed by atoms with Crippen molar-refractivity contribution < 1.29 is 14.6 Å². The van der Waals surface area contributed by atoms with Crippen molar-refractivity contribution in [1.29, 1.82) is 0 Å². The van der Waals surface area contributed by atoms with E-state index in [-0.39, 0.29) is 0 Å². The van der Waals surface area contributed by atoms with Crippen molar-refractivity contribution in [2.45, 2.75) is 26.4 Å². The molecule has 0 amide bonds. The van der Waals surface area contributed by atoms with E-state index in [0.717, 1.165) is 16.9 Å². The van der Waals surface area contributed by atoms with Gasteiger partial charge in [0.2, 0.25) is 0 Å². The fourth-order valence-electron chi connectivity index (χ4n) is 1.93. The second-order valence-corrected chi connectivity index (χ2v) is 4.49. The lowest BCUT2D eigenvalue weighted by Gasteiger charge is -2.15. The Morgan fingerprint density at radius 1 is 1.37 bits per heavy atom. The Kier molecular flexibility index (Phi) is 5.79. The zero-order chi connectivity index (χ0) is 14.4. The summed E-state index contributed by atoms with van der Waals surface area (Å²) in [4.78, 5) is 10.9. The highest BCUT2D eigenvalue weighted by Gasteiger charge is 2.14. The highest BCUT2D eigenvalue weighted by atomic mass is 16.5. The molecule has 1 atom stereocenters. The number of benzene rings is 1. The molecule has 0 saturated heterocycles. The maximum absolute atomic E-state index is 10.9. The van der Waals surface area contributed by atoms with Crippen molar-refractivity contribution in [1.82, 2.24) is 10.6 Å². The molecule has 5 heteroatoms. The second-order valence-electron chi connectivity index (χ2n) is 4.49. The molecular weight excluding hydrogens is 244 g/mol. The van der Waals surface area contributed by atoms with Gasteiger partial charge in [0.15, 0.2) is 0 Å². The topological polar surface area (TPSA) is 70.6 Å². The minimum atomic E-state index is -0.849. The van der Waals surface area contributed by atoms with Crippen LogP contribution in [0.3, 0.4) is 0 Å². The number of rotatable bonds is 7. The van der Waals surface area contributed by atoms with Gasteiger partial charge in [0.1, 0.15) is 11.8 Å². The third-order valence-electron chi connectivity index (χ3n) is 3.38. The summed E-state index contributed by atoms with van der Waals surface area (Å²) in [5.74, 6) is 0.0255. The molecule has 1 aromatic rings. The molecule has 106 valence electrons. The van der Waals surface area contributed by atoms with Gasteiger partial charge in [0.25, 0.3) is 0 Å². The van der Waals surface area contributed by atoms with E-state index < -0.39 is 12.0 Å². The standard InChI is InChI=1S/C14H22N2O3/c1-9-10(2)13(19-4)6-5-11(9)7-16-8-12(15-3)14(17)18/h5-6,12,15-16H,7-8H2,1-4H3,(H,17,18). The Bertz CT molecular complexity index is 447. The maximum Gasteiger partial charge on any atom is 0.322 e. The molecule has 19 heavy (non-hydrogen) atoms. The van der Waals surface area contributed by atoms with E-state index in [1.165, 1.54) is 5.56 Å². The van der Waals surface area contributed by atoms with Crippen LogP contribution in [0.5, 0.6) is 5.75 Å². The highest BCUT2D eigenvalue weighted by molar-refractivity contribution is 5.73. The maximum atomic E-state index is 10.9. The predicted octanol–water partition coefficient (Wildman–Crippen LogP) is 1.07. The SMILES string of the molecule is CNC(CNCc1ccc(OC)c(C)c1C)C(=O)O. The van der Waals surface area contributed by atoms with Crippen LogP contribution >= 0.6 is 0 Å². The Morgan fingerprint density at radius 3 is 2.58 bits per heavy atom. The number of hydrogen-bond donors (Lipinski definition) is 3. The molecule has 0 aliphatic rings. The first-order valence-electron chi connectivity index (χ1n) is 6.25. The monoisotopic (exact) mass is 266 g/mol. The third kappa shape index (κ3) is 3.94. The summed E-state index contributed by atoms with van der Waals surface area (Å²) in [6, 6.07) is 3.37. The van der Waals surface area contributed by atoms with E-state index in [9.17, 15) is 4.79 Å². The first-order valence-corrected chi connectivity index (χ1v) is 6.25. The number of methoxy groups -OCH3 is 1. The van der Waals surface area contributed by atoms with E-state index in [1.54, 1.807) is 14.2 Å². The fourth-order valence-corrected chi connectivity index (χ4v) is 1.93. The molecule has 0 aliphatic heterocycles. The average Bonchev–Trinajstić information content (AvgIpc) is 2.39. The summed E-state index contributed by atoms with van der Waals surface area (Å²) >= 11 is 0. The van der Waals surface area contributed by atoms with Crippen molar-refractivity contribution >= 4 is 5.97 Å². The Hall–Kier alpha value is -1.59. The largest absolute Gasteiger partial charge is 0.496 e. The predicted molar refractivity (Wildman–Crippen MR) is 74.7 cm³/mol. The average molecular weight is 266 g/mol. The van der Waals surface area contributed by atoms with Crippen molar-refractivity contribution in [3.63, 3.8) is 0 Å². The van der Waals surface area contributed by atoms with Crippen LogP contribution < -0.4 is 15.4 Å². The Labute approximate surface area is 114 Å². The molecule has 5 nitrogen and oxygen atoms in total. The van der Waals surface area contributed by atoms with E-state index in [4.69, 9.17) is 9.84 Å². The number of nitrogens with one attached hydrogen (secondary N) is 2. The second kappa shape index (κ2) is 7.11. The van der Waals surface area contributed by atoms with Crippen LogP contribution in [0, 0.1) is 13.8 Å². The Morgan fingerprint density at radius 2 is 2.05 bits per heavy atom. The van der Waals surface area contributed by atoms with Crippen LogP contribution in [0.15, 0.2) is 12.1 Å². The third-order valence-corrected chi connectivity index (χ3v) is 3.38. The molecular formula is C14H22N2O3. The quantitative estimate of drug-likeness (QED) is 0.689. The molecule has 1 rings (SSSR count). The van der Waals surface area contributed by atoms with Gasteiger partial charge < -0.3 is 20.5 Å². The van der Waals surface area contributed by atoms with Crippen molar-refractivity contribution in [2.75, 3.05) is 20.7 Å². The van der Waals surface area contributed by atoms with Crippen molar-refractivity contribution in [2.24, 2.45) is 0 Å². The summed E-state index contributed by atoms with van der Waals surface area (Å²) in [5.41, 5.74) is 3.44. The Balaban J connectivity index is 2.64. The van der Waals surface area contributed by atoms with E-state index >= 15 is 0 Å². The summed E-state index contributed by atoms with van der Waals surface area (Å²) in [6.45, 7) is 5.09. The molecule has 3 N–H and O–H groups in total. The van der Waals surface area contributed by atoms with Gasteiger partial charge in [-0.3, -0.25) is 4.79 Å². The number of aliphatic carboxylic acids is 1. The van der Waals surface area contributed by atoms with Crippen LogP contribution in [0.25, 0.3) is 0 Å². The molecule has 0 radical (unpaired) electrons. The molecule has 0 saturated carbocycles. The van der Waals surface area contributed by atoms with E-state index in [1.807, 2.05) is 26.0 Å². The van der Waals surface area contributed by atoms with Crippen LogP contribution in [0.4, 0.5) is 0 Å². The molecule has 0 aromatic heterocycles. The zero-order valence-corrected chi connectivity index (χ0v) is 11.9. The molecule has 1 aromatic carbocycles. The number of likely N-dealkylation sites (N-methyl/N-ethyl adjacent to an activating group) is 1. The lowest BCUT2D eigenvalue weighted by Crippen LogP contribution is -2.42. The molecule has 0 heterocycles. The van der Waals surface area contributed by atoms with Crippen LogP contribution in [0.1, 0.15) is 16.7 Å². The van der Waals surface area contributed by atoms with Crippen LogP contribution in [-0.4, -0.2) is 37.8 Å².